The molecule has 0 aliphatic carbocycles. The summed E-state index contributed by atoms with van der Waals surface area (Å²) in [6, 6.07) is 13.7. The van der Waals surface area contributed by atoms with Crippen molar-refractivity contribution in [3.05, 3.63) is 71.0 Å². The highest BCUT2D eigenvalue weighted by molar-refractivity contribution is 5.94. The highest BCUT2D eigenvalue weighted by atomic mass is 19.1. The molecule has 0 saturated carbocycles. The zero-order valence-electron chi connectivity index (χ0n) is 10.1. The fraction of sp³-hybridized carbons (Fsp3) is 0.133. The van der Waals surface area contributed by atoms with Crippen molar-refractivity contribution >= 4 is 5.91 Å². The lowest BCUT2D eigenvalue weighted by atomic mass is 10.1. The Balaban J connectivity index is 2.06. The monoisotopic (exact) mass is 243 g/mol. The van der Waals surface area contributed by atoms with Gasteiger partial charge in [-0.25, -0.2) is 4.39 Å². The summed E-state index contributed by atoms with van der Waals surface area (Å²) in [7, 11) is 0. The molecule has 18 heavy (non-hydrogen) atoms. The molecule has 0 heterocycles. The Kier molecular flexibility index (Phi) is 3.72. The molecule has 2 rings (SSSR count). The number of aryl methyl sites for hydroxylation is 1. The molecular formula is C15H14FNO. The van der Waals surface area contributed by atoms with Gasteiger partial charge in [0.15, 0.2) is 0 Å². The first-order valence-electron chi connectivity index (χ1n) is 5.75. The van der Waals surface area contributed by atoms with Gasteiger partial charge in [0.2, 0.25) is 0 Å². The largest absolute Gasteiger partial charge is 0.348 e. The SMILES string of the molecule is Cc1ccccc1CNC(=O)c1ccccc1F. The molecule has 0 saturated heterocycles. The molecule has 0 aliphatic rings. The van der Waals surface area contributed by atoms with E-state index in [4.69, 9.17) is 0 Å². The minimum atomic E-state index is -0.500. The summed E-state index contributed by atoms with van der Waals surface area (Å²) in [6.07, 6.45) is 0. The molecule has 0 atom stereocenters. The normalized spacial score (nSPS) is 10.1. The minimum absolute atomic E-state index is 0.0751. The first-order valence-corrected chi connectivity index (χ1v) is 5.75. The molecule has 2 aromatic rings. The third kappa shape index (κ3) is 2.74. The van der Waals surface area contributed by atoms with Crippen LogP contribution in [0.5, 0.6) is 0 Å². The summed E-state index contributed by atoms with van der Waals surface area (Å²) in [4.78, 5) is 11.8. The molecular weight excluding hydrogens is 229 g/mol. The highest BCUT2D eigenvalue weighted by Gasteiger charge is 2.10. The van der Waals surface area contributed by atoms with E-state index in [1.54, 1.807) is 12.1 Å². The van der Waals surface area contributed by atoms with Gasteiger partial charge in [0, 0.05) is 6.54 Å². The Labute approximate surface area is 105 Å². The first kappa shape index (κ1) is 12.3. The van der Waals surface area contributed by atoms with E-state index >= 15 is 0 Å². The van der Waals surface area contributed by atoms with Gasteiger partial charge in [0.1, 0.15) is 5.82 Å². The number of benzene rings is 2. The maximum atomic E-state index is 13.4. The fourth-order valence-corrected chi connectivity index (χ4v) is 1.72. The Morgan fingerprint density at radius 1 is 1.11 bits per heavy atom. The predicted octanol–water partition coefficient (Wildman–Crippen LogP) is 3.06. The van der Waals surface area contributed by atoms with Gasteiger partial charge in [-0.05, 0) is 30.2 Å². The van der Waals surface area contributed by atoms with Crippen LogP contribution in [0, 0.1) is 12.7 Å². The molecule has 0 bridgehead atoms. The summed E-state index contributed by atoms with van der Waals surface area (Å²) < 4.78 is 13.4. The predicted molar refractivity (Wildman–Crippen MR) is 68.7 cm³/mol. The van der Waals surface area contributed by atoms with Crippen LogP contribution in [0.2, 0.25) is 0 Å². The van der Waals surface area contributed by atoms with Crippen molar-refractivity contribution in [3.8, 4) is 0 Å². The molecule has 0 aliphatic heterocycles. The Morgan fingerprint density at radius 3 is 2.50 bits per heavy atom. The lowest BCUT2D eigenvalue weighted by Gasteiger charge is -2.08. The van der Waals surface area contributed by atoms with Gasteiger partial charge in [-0.15, -0.1) is 0 Å². The van der Waals surface area contributed by atoms with Gasteiger partial charge < -0.3 is 5.32 Å². The number of amides is 1. The fourth-order valence-electron chi connectivity index (χ4n) is 1.72. The zero-order valence-corrected chi connectivity index (χ0v) is 10.1. The Hall–Kier alpha value is -2.16. The van der Waals surface area contributed by atoms with Gasteiger partial charge in [-0.3, -0.25) is 4.79 Å². The van der Waals surface area contributed by atoms with E-state index in [1.165, 1.54) is 12.1 Å². The molecule has 2 nitrogen and oxygen atoms in total. The van der Waals surface area contributed by atoms with Crippen molar-refractivity contribution in [2.75, 3.05) is 0 Å². The van der Waals surface area contributed by atoms with Gasteiger partial charge in [-0.2, -0.15) is 0 Å². The summed E-state index contributed by atoms with van der Waals surface area (Å²) in [5.74, 6) is -0.892. The summed E-state index contributed by atoms with van der Waals surface area (Å²) in [5.41, 5.74) is 2.21. The van der Waals surface area contributed by atoms with Crippen molar-refractivity contribution in [2.45, 2.75) is 13.5 Å². The van der Waals surface area contributed by atoms with Crippen molar-refractivity contribution < 1.29 is 9.18 Å². The number of carbonyl (C=O) groups excluding carboxylic acids is 1. The van der Waals surface area contributed by atoms with Crippen LogP contribution in [0.3, 0.4) is 0 Å². The van der Waals surface area contributed by atoms with E-state index in [2.05, 4.69) is 5.32 Å². The summed E-state index contributed by atoms with van der Waals surface area (Å²) in [6.45, 7) is 2.38. The van der Waals surface area contributed by atoms with Crippen molar-refractivity contribution in [1.82, 2.24) is 5.32 Å². The lowest BCUT2D eigenvalue weighted by Crippen LogP contribution is -2.24. The van der Waals surface area contributed by atoms with Gasteiger partial charge in [-0.1, -0.05) is 36.4 Å². The average Bonchev–Trinajstić information content (AvgIpc) is 2.38. The molecule has 1 N–H and O–H groups in total. The van der Waals surface area contributed by atoms with Crippen LogP contribution in [0.15, 0.2) is 48.5 Å². The van der Waals surface area contributed by atoms with Crippen LogP contribution in [0.4, 0.5) is 4.39 Å². The summed E-state index contributed by atoms with van der Waals surface area (Å²) >= 11 is 0. The molecule has 1 amide bonds. The molecule has 0 fully saturated rings. The number of halogens is 1. The minimum Gasteiger partial charge on any atom is -0.348 e. The van der Waals surface area contributed by atoms with E-state index in [-0.39, 0.29) is 5.56 Å². The lowest BCUT2D eigenvalue weighted by molar-refractivity contribution is 0.0947. The molecule has 3 heteroatoms. The maximum Gasteiger partial charge on any atom is 0.254 e. The molecule has 0 spiro atoms. The second-order valence-corrected chi connectivity index (χ2v) is 4.09. The van der Waals surface area contributed by atoms with Crippen molar-refractivity contribution in [3.63, 3.8) is 0 Å². The van der Waals surface area contributed by atoms with E-state index in [9.17, 15) is 9.18 Å². The Morgan fingerprint density at radius 2 is 1.78 bits per heavy atom. The quantitative estimate of drug-likeness (QED) is 0.882. The second kappa shape index (κ2) is 5.45. The van der Waals surface area contributed by atoms with Crippen LogP contribution < -0.4 is 5.32 Å². The van der Waals surface area contributed by atoms with Crippen LogP contribution >= 0.6 is 0 Å². The average molecular weight is 243 g/mol. The van der Waals surface area contributed by atoms with Crippen molar-refractivity contribution in [1.29, 1.82) is 0 Å². The van der Waals surface area contributed by atoms with E-state index in [0.29, 0.717) is 6.54 Å². The third-order valence-electron chi connectivity index (χ3n) is 2.82. The van der Waals surface area contributed by atoms with E-state index in [1.807, 2.05) is 31.2 Å². The van der Waals surface area contributed by atoms with Gasteiger partial charge in [0.25, 0.3) is 5.91 Å². The van der Waals surface area contributed by atoms with Gasteiger partial charge >= 0.3 is 0 Å². The standard InChI is InChI=1S/C15H14FNO/c1-11-6-2-3-7-12(11)10-17-15(18)13-8-4-5-9-14(13)16/h2-9H,10H2,1H3,(H,17,18). The van der Waals surface area contributed by atoms with Crippen LogP contribution in [0.25, 0.3) is 0 Å². The summed E-state index contributed by atoms with van der Waals surface area (Å²) in [5, 5.41) is 2.72. The van der Waals surface area contributed by atoms with E-state index in [0.717, 1.165) is 11.1 Å². The molecule has 0 radical (unpaired) electrons. The van der Waals surface area contributed by atoms with Crippen LogP contribution in [-0.4, -0.2) is 5.91 Å². The number of hydrogen-bond donors (Lipinski definition) is 1. The number of carbonyl (C=O) groups is 1. The smallest absolute Gasteiger partial charge is 0.254 e. The topological polar surface area (TPSA) is 29.1 Å². The molecule has 0 aromatic heterocycles. The molecule has 92 valence electrons. The van der Waals surface area contributed by atoms with Crippen LogP contribution in [0.1, 0.15) is 21.5 Å². The number of hydrogen-bond acceptors (Lipinski definition) is 1. The van der Waals surface area contributed by atoms with E-state index < -0.39 is 11.7 Å². The number of nitrogens with one attached hydrogen (secondary N) is 1. The van der Waals surface area contributed by atoms with Crippen molar-refractivity contribution in [2.24, 2.45) is 0 Å². The second-order valence-electron chi connectivity index (χ2n) is 4.09. The molecule has 2 aromatic carbocycles. The zero-order chi connectivity index (χ0) is 13.0. The highest BCUT2D eigenvalue weighted by Crippen LogP contribution is 2.09. The van der Waals surface area contributed by atoms with Gasteiger partial charge in [0.05, 0.1) is 5.56 Å². The molecule has 0 unspecified atom stereocenters. The maximum absolute atomic E-state index is 13.4. The Bertz CT molecular complexity index is 566. The number of rotatable bonds is 3. The third-order valence-corrected chi connectivity index (χ3v) is 2.82. The first-order chi connectivity index (χ1) is 8.68. The van der Waals surface area contributed by atoms with Crippen LogP contribution in [-0.2, 0) is 6.54 Å².